The molecule has 0 radical (unpaired) electrons. The van der Waals surface area contributed by atoms with Crippen molar-refractivity contribution < 1.29 is 4.92 Å². The number of hydrogen-bond acceptors (Lipinski definition) is 5. The van der Waals surface area contributed by atoms with Crippen LogP contribution in [0.3, 0.4) is 0 Å². The number of benzene rings is 1. The minimum atomic E-state index is -0.316. The second-order valence-electron chi connectivity index (χ2n) is 5.10. The molecule has 0 amide bonds. The predicted octanol–water partition coefficient (Wildman–Crippen LogP) is 3.04. The minimum Gasteiger partial charge on any atom is -0.366 e. The predicted molar refractivity (Wildman–Crippen MR) is 80.2 cm³/mol. The summed E-state index contributed by atoms with van der Waals surface area (Å²) in [6, 6.07) is 5.29. The Labute approximate surface area is 122 Å². The lowest BCUT2D eigenvalue weighted by atomic mass is 10.1. The summed E-state index contributed by atoms with van der Waals surface area (Å²) in [6.07, 6.45) is 8.15. The molecule has 1 aliphatic heterocycles. The number of rotatable bonds is 3. The molecule has 1 aromatic heterocycles. The fraction of sp³-hybridized carbons (Fsp3) is 0.333. The zero-order chi connectivity index (χ0) is 14.7. The largest absolute Gasteiger partial charge is 0.366 e. The first-order chi connectivity index (χ1) is 10.3. The fourth-order valence-corrected chi connectivity index (χ4v) is 2.68. The quantitative estimate of drug-likeness (QED) is 0.640. The molecule has 0 unspecified atom stereocenters. The Balaban J connectivity index is 2.00. The van der Waals surface area contributed by atoms with Gasteiger partial charge in [-0.1, -0.05) is 6.07 Å². The number of hydrogen-bond donors (Lipinski definition) is 0. The van der Waals surface area contributed by atoms with Crippen LogP contribution in [0.25, 0.3) is 11.3 Å². The molecule has 0 atom stereocenters. The van der Waals surface area contributed by atoms with Crippen molar-refractivity contribution >= 4 is 11.4 Å². The van der Waals surface area contributed by atoms with Crippen molar-refractivity contribution in [1.82, 2.24) is 9.97 Å². The van der Waals surface area contributed by atoms with Crippen LogP contribution in [0.15, 0.2) is 36.8 Å². The molecular formula is C15H16N4O2. The third kappa shape index (κ3) is 2.84. The van der Waals surface area contributed by atoms with Gasteiger partial charge >= 0.3 is 0 Å². The highest BCUT2D eigenvalue weighted by molar-refractivity contribution is 5.72. The first kappa shape index (κ1) is 13.5. The molecule has 0 bridgehead atoms. The lowest BCUT2D eigenvalue weighted by Gasteiger charge is -2.28. The van der Waals surface area contributed by atoms with E-state index >= 15 is 0 Å². The average molecular weight is 284 g/mol. The van der Waals surface area contributed by atoms with Gasteiger partial charge in [-0.25, -0.2) is 0 Å². The Bertz CT molecular complexity index is 639. The smallest absolute Gasteiger partial charge is 0.293 e. The van der Waals surface area contributed by atoms with E-state index in [2.05, 4.69) is 14.9 Å². The van der Waals surface area contributed by atoms with Crippen molar-refractivity contribution in [3.05, 3.63) is 46.9 Å². The summed E-state index contributed by atoms with van der Waals surface area (Å²) >= 11 is 0. The first-order valence-corrected chi connectivity index (χ1v) is 7.05. The zero-order valence-electron chi connectivity index (χ0n) is 11.6. The van der Waals surface area contributed by atoms with Gasteiger partial charge in [-0.05, 0) is 25.3 Å². The van der Waals surface area contributed by atoms with Gasteiger partial charge in [-0.2, -0.15) is 0 Å². The van der Waals surface area contributed by atoms with E-state index in [9.17, 15) is 10.1 Å². The molecule has 0 N–H and O–H groups in total. The van der Waals surface area contributed by atoms with Gasteiger partial charge in [0.2, 0.25) is 0 Å². The van der Waals surface area contributed by atoms with Gasteiger partial charge in [0.05, 0.1) is 16.8 Å². The van der Waals surface area contributed by atoms with Gasteiger partial charge in [0.15, 0.2) is 0 Å². The maximum Gasteiger partial charge on any atom is 0.293 e. The third-order valence-electron chi connectivity index (χ3n) is 3.73. The SMILES string of the molecule is O=[N+]([O-])c1cc(-c2cnccn2)ccc1N1CCCCC1. The standard InChI is InChI=1S/C15H16N4O2/c20-19(21)15-10-12(13-11-16-6-7-17-13)4-5-14(15)18-8-2-1-3-9-18/h4-7,10-11H,1-3,8-9H2. The normalized spacial score (nSPS) is 15.0. The molecule has 2 heterocycles. The van der Waals surface area contributed by atoms with Crippen molar-refractivity contribution in [2.24, 2.45) is 0 Å². The number of piperidine rings is 1. The summed E-state index contributed by atoms with van der Waals surface area (Å²) in [6.45, 7) is 1.76. The van der Waals surface area contributed by atoms with Gasteiger partial charge in [-0.15, -0.1) is 0 Å². The number of nitrogens with zero attached hydrogens (tertiary/aromatic N) is 4. The van der Waals surface area contributed by atoms with Crippen molar-refractivity contribution in [1.29, 1.82) is 0 Å². The van der Waals surface area contributed by atoms with E-state index in [4.69, 9.17) is 0 Å². The van der Waals surface area contributed by atoms with E-state index in [-0.39, 0.29) is 10.6 Å². The molecule has 0 aliphatic carbocycles. The molecular weight excluding hydrogens is 268 g/mol. The highest BCUT2D eigenvalue weighted by Gasteiger charge is 2.22. The van der Waals surface area contributed by atoms with Crippen LogP contribution in [-0.4, -0.2) is 28.0 Å². The maximum atomic E-state index is 11.4. The van der Waals surface area contributed by atoms with Gasteiger partial charge in [0, 0.05) is 37.1 Å². The summed E-state index contributed by atoms with van der Waals surface area (Å²) in [5.74, 6) is 0. The van der Waals surface area contributed by atoms with Crippen molar-refractivity contribution in [2.45, 2.75) is 19.3 Å². The van der Waals surface area contributed by atoms with Crippen LogP contribution >= 0.6 is 0 Å². The number of anilines is 1. The Morgan fingerprint density at radius 1 is 1.14 bits per heavy atom. The second-order valence-corrected chi connectivity index (χ2v) is 5.10. The third-order valence-corrected chi connectivity index (χ3v) is 3.73. The highest BCUT2D eigenvalue weighted by Crippen LogP contribution is 2.33. The van der Waals surface area contributed by atoms with E-state index in [1.165, 1.54) is 6.42 Å². The van der Waals surface area contributed by atoms with Gasteiger partial charge < -0.3 is 4.90 Å². The van der Waals surface area contributed by atoms with Crippen LogP contribution in [0.4, 0.5) is 11.4 Å². The molecule has 1 saturated heterocycles. The number of nitro benzene ring substituents is 1. The Hall–Kier alpha value is -2.50. The highest BCUT2D eigenvalue weighted by atomic mass is 16.6. The summed E-state index contributed by atoms with van der Waals surface area (Å²) < 4.78 is 0. The van der Waals surface area contributed by atoms with E-state index in [1.807, 2.05) is 12.1 Å². The maximum absolute atomic E-state index is 11.4. The van der Waals surface area contributed by atoms with Gasteiger partial charge in [0.25, 0.3) is 5.69 Å². The molecule has 108 valence electrons. The number of nitro groups is 1. The average Bonchev–Trinajstić information content (AvgIpc) is 2.56. The molecule has 1 fully saturated rings. The molecule has 3 rings (SSSR count). The summed E-state index contributed by atoms with van der Waals surface area (Å²) in [7, 11) is 0. The van der Waals surface area contributed by atoms with Crippen LogP contribution in [0.5, 0.6) is 0 Å². The van der Waals surface area contributed by atoms with Gasteiger partial charge in [0.1, 0.15) is 5.69 Å². The molecule has 1 aliphatic rings. The Kier molecular flexibility index (Phi) is 3.77. The van der Waals surface area contributed by atoms with Gasteiger partial charge in [-0.3, -0.25) is 20.1 Å². The molecule has 21 heavy (non-hydrogen) atoms. The lowest BCUT2D eigenvalue weighted by Crippen LogP contribution is -2.29. The summed E-state index contributed by atoms with van der Waals surface area (Å²) in [5, 5.41) is 11.4. The fourth-order valence-electron chi connectivity index (χ4n) is 2.68. The van der Waals surface area contributed by atoms with Crippen LogP contribution in [0, 0.1) is 10.1 Å². The van der Waals surface area contributed by atoms with Crippen molar-refractivity contribution in [3.63, 3.8) is 0 Å². The molecule has 2 aromatic rings. The van der Waals surface area contributed by atoms with Crippen LogP contribution in [0.2, 0.25) is 0 Å². The summed E-state index contributed by atoms with van der Waals surface area (Å²) in [5.41, 5.74) is 2.20. The minimum absolute atomic E-state index is 0.139. The monoisotopic (exact) mass is 284 g/mol. The van der Waals surface area contributed by atoms with Crippen LogP contribution in [-0.2, 0) is 0 Å². The van der Waals surface area contributed by atoms with E-state index in [1.54, 1.807) is 24.7 Å². The van der Waals surface area contributed by atoms with Crippen LogP contribution < -0.4 is 4.90 Å². The van der Waals surface area contributed by atoms with Crippen LogP contribution in [0.1, 0.15) is 19.3 Å². The van der Waals surface area contributed by atoms with E-state index < -0.39 is 0 Å². The van der Waals surface area contributed by atoms with Crippen molar-refractivity contribution in [2.75, 3.05) is 18.0 Å². The molecule has 6 heteroatoms. The van der Waals surface area contributed by atoms with Crippen molar-refractivity contribution in [3.8, 4) is 11.3 Å². The summed E-state index contributed by atoms with van der Waals surface area (Å²) in [4.78, 5) is 21.4. The second kappa shape index (κ2) is 5.87. The molecule has 1 aromatic carbocycles. The number of aromatic nitrogens is 2. The lowest BCUT2D eigenvalue weighted by molar-refractivity contribution is -0.384. The molecule has 6 nitrogen and oxygen atoms in total. The Morgan fingerprint density at radius 2 is 1.95 bits per heavy atom. The van der Waals surface area contributed by atoms with E-state index in [0.717, 1.165) is 31.5 Å². The first-order valence-electron chi connectivity index (χ1n) is 7.05. The zero-order valence-corrected chi connectivity index (χ0v) is 11.6. The molecule has 0 saturated carbocycles. The molecule has 0 spiro atoms. The van der Waals surface area contributed by atoms with E-state index in [0.29, 0.717) is 11.4 Å². The Morgan fingerprint density at radius 3 is 2.62 bits per heavy atom. The topological polar surface area (TPSA) is 72.2 Å².